The zero-order chi connectivity index (χ0) is 4.00. The van der Waals surface area contributed by atoms with Crippen molar-refractivity contribution in [1.29, 1.82) is 0 Å². The molecule has 0 rings (SSSR count). The first-order chi connectivity index (χ1) is 2.00. The van der Waals surface area contributed by atoms with Crippen molar-refractivity contribution in [2.24, 2.45) is 0 Å². The van der Waals surface area contributed by atoms with Gasteiger partial charge < -0.3 is 0 Å². The van der Waals surface area contributed by atoms with Crippen LogP contribution in [0.15, 0.2) is 0 Å². The van der Waals surface area contributed by atoms with E-state index in [9.17, 15) is 0 Å². The molecule has 0 heterocycles. The normalized spacial score (nSPS) is 3.00. The maximum atomic E-state index is 6.47. The maximum absolute atomic E-state index is 6.47. The molecule has 0 aromatic carbocycles. The topological polar surface area (TPSA) is 20.2 Å². The molecule has 4 heteroatoms. The molecule has 0 atom stereocenters. The van der Waals surface area contributed by atoms with Crippen LogP contribution in [0.4, 0.5) is 0 Å². The van der Waals surface area contributed by atoms with E-state index in [0.717, 1.165) is 0 Å². The second-order valence-corrected chi connectivity index (χ2v) is 0. The van der Waals surface area contributed by atoms with Crippen LogP contribution in [0.3, 0.4) is 0 Å². The number of hydrogen-bond acceptors (Lipinski definition) is 1. The Kier molecular flexibility index (Phi) is 68.8. The molecule has 0 aromatic heterocycles. The van der Waals surface area contributed by atoms with E-state index in [-0.39, 0.29) is 0 Å². The van der Waals surface area contributed by atoms with E-state index in [0.29, 0.717) is 0 Å². The summed E-state index contributed by atoms with van der Waals surface area (Å²) in [7, 11) is 4.57. The van der Waals surface area contributed by atoms with Crippen LogP contribution < -0.4 is 0 Å². The first-order valence-corrected chi connectivity index (χ1v) is 2.88. The van der Waals surface area contributed by atoms with Gasteiger partial charge in [0.25, 0.3) is 0 Å². The SMILES string of the molecule is OCl.[Cl][Ru]. The average molecular weight is 189 g/mol. The summed E-state index contributed by atoms with van der Waals surface area (Å²) in [5.74, 6) is 0. The molecule has 1 N–H and O–H groups in total. The van der Waals surface area contributed by atoms with Gasteiger partial charge >= 0.3 is 27.0 Å². The van der Waals surface area contributed by atoms with Gasteiger partial charge in [0.15, 0.2) is 0 Å². The van der Waals surface area contributed by atoms with Gasteiger partial charge in [-0.25, -0.2) is 0 Å². The minimum absolute atomic E-state index is 1.82. The van der Waals surface area contributed by atoms with Crippen molar-refractivity contribution in [2.45, 2.75) is 0 Å². The van der Waals surface area contributed by atoms with E-state index in [1.807, 2.05) is 17.3 Å². The minimum atomic E-state index is 1.82. The van der Waals surface area contributed by atoms with Crippen LogP contribution in [0.1, 0.15) is 0 Å². The summed E-state index contributed by atoms with van der Waals surface area (Å²) in [5, 5.41) is 0. The molecule has 0 bridgehead atoms. The van der Waals surface area contributed by atoms with Gasteiger partial charge in [-0.2, -0.15) is 0 Å². The summed E-state index contributed by atoms with van der Waals surface area (Å²) in [6.45, 7) is 0. The van der Waals surface area contributed by atoms with Crippen molar-refractivity contribution in [3.8, 4) is 0 Å². The Bertz CT molecular complexity index is 6.00. The monoisotopic (exact) mass is 189 g/mol. The summed E-state index contributed by atoms with van der Waals surface area (Å²) < 4.78 is 6.47. The first kappa shape index (κ1) is 8.94. The molecule has 4 heavy (non-hydrogen) atoms. The van der Waals surface area contributed by atoms with Crippen molar-refractivity contribution in [3.05, 3.63) is 0 Å². The van der Waals surface area contributed by atoms with Gasteiger partial charge in [-0.1, -0.05) is 0 Å². The van der Waals surface area contributed by atoms with Crippen LogP contribution in [0.5, 0.6) is 0 Å². The predicted octanol–water partition coefficient (Wildman–Crippen LogP) is 0.820. The summed E-state index contributed by atoms with van der Waals surface area (Å²) in [6, 6.07) is 0. The molecule has 0 aromatic rings. The zero-order valence-corrected chi connectivity index (χ0v) is 4.81. The molecule has 29 valence electrons. The van der Waals surface area contributed by atoms with Crippen molar-refractivity contribution >= 4 is 21.6 Å². The Morgan fingerprint density at radius 3 is 1.25 bits per heavy atom. The van der Waals surface area contributed by atoms with Crippen LogP contribution in [0, 0.1) is 0 Å². The molecule has 0 amide bonds. The molecular weight excluding hydrogens is 188 g/mol. The van der Waals surface area contributed by atoms with Crippen molar-refractivity contribution in [3.63, 3.8) is 0 Å². The number of halogens is 2. The second-order valence-electron chi connectivity index (χ2n) is 0. The Hall–Kier alpha value is 1.16. The predicted molar refractivity (Wildman–Crippen MR) is 13.9 cm³/mol. The fourth-order valence-corrected chi connectivity index (χ4v) is 0. The third-order valence-corrected chi connectivity index (χ3v) is 0. The molecule has 0 radical (unpaired) electrons. The zero-order valence-electron chi connectivity index (χ0n) is 1.56. The van der Waals surface area contributed by atoms with Gasteiger partial charge in [0.05, 0.1) is 11.9 Å². The Morgan fingerprint density at radius 2 is 1.25 bits per heavy atom. The Labute approximate surface area is 43.8 Å². The average Bonchev–Trinajstić information content (AvgIpc) is 1.50. The molecule has 0 unspecified atom stereocenters. The van der Waals surface area contributed by atoms with Crippen LogP contribution in [-0.2, 0) is 17.3 Å². The standard InChI is InChI=1S/ClHO.ClH.Ru/c1-2;;/h2H;1H;/q;;+1/p-1. The summed E-state index contributed by atoms with van der Waals surface area (Å²) in [4.78, 5) is 0. The van der Waals surface area contributed by atoms with Gasteiger partial charge in [-0.15, -0.1) is 0 Å². The van der Waals surface area contributed by atoms with Crippen molar-refractivity contribution < 1.29 is 22.0 Å². The van der Waals surface area contributed by atoms with Crippen LogP contribution >= 0.6 is 21.6 Å². The molecule has 0 aliphatic rings. The molecule has 0 aliphatic carbocycles. The van der Waals surface area contributed by atoms with Gasteiger partial charge in [-0.05, 0) is 0 Å². The van der Waals surface area contributed by atoms with Crippen LogP contribution in [0.2, 0.25) is 0 Å². The van der Waals surface area contributed by atoms with Gasteiger partial charge in [0.2, 0.25) is 0 Å². The van der Waals surface area contributed by atoms with E-state index < -0.39 is 0 Å². The molecular formula is HCl2ORu. The van der Waals surface area contributed by atoms with Crippen LogP contribution in [-0.4, -0.2) is 4.66 Å². The van der Waals surface area contributed by atoms with Crippen molar-refractivity contribution in [2.75, 3.05) is 0 Å². The Morgan fingerprint density at radius 1 is 1.25 bits per heavy atom. The Balaban J connectivity index is 0. The van der Waals surface area contributed by atoms with E-state index >= 15 is 0 Å². The fraction of sp³-hybridized carbons (Fsp3) is 0. The fourth-order valence-electron chi connectivity index (χ4n) is 0. The van der Waals surface area contributed by atoms with Gasteiger partial charge in [-0.3, -0.25) is 4.66 Å². The second kappa shape index (κ2) is 30.8. The third-order valence-electron chi connectivity index (χ3n) is 0. The third kappa shape index (κ3) is 10.9. The van der Waals surface area contributed by atoms with E-state index in [2.05, 4.69) is 21.6 Å². The number of rotatable bonds is 0. The molecule has 0 aliphatic heterocycles. The molecule has 0 fully saturated rings. The molecule has 0 saturated heterocycles. The quantitative estimate of drug-likeness (QED) is 0.559. The molecule has 0 saturated carbocycles. The summed E-state index contributed by atoms with van der Waals surface area (Å²) >= 11 is 5.46. The summed E-state index contributed by atoms with van der Waals surface area (Å²) in [5.41, 5.74) is 0. The van der Waals surface area contributed by atoms with E-state index in [1.54, 1.807) is 0 Å². The van der Waals surface area contributed by atoms with Crippen LogP contribution in [0.25, 0.3) is 0 Å². The first-order valence-electron chi connectivity index (χ1n) is 0.303. The van der Waals surface area contributed by atoms with E-state index in [1.165, 1.54) is 0 Å². The summed E-state index contributed by atoms with van der Waals surface area (Å²) in [6.07, 6.45) is 0. The van der Waals surface area contributed by atoms with E-state index in [4.69, 9.17) is 4.66 Å². The van der Waals surface area contributed by atoms with Crippen molar-refractivity contribution in [1.82, 2.24) is 0 Å². The van der Waals surface area contributed by atoms with Gasteiger partial charge in [0, 0.05) is 0 Å². The van der Waals surface area contributed by atoms with Gasteiger partial charge in [0.1, 0.15) is 0 Å². The molecule has 0 spiro atoms. The number of hydrogen-bond donors (Lipinski definition) is 1. The molecule has 1 nitrogen and oxygen atoms in total.